The minimum atomic E-state index is -4.79. The Morgan fingerprint density at radius 2 is 1.71 bits per heavy atom. The van der Waals surface area contributed by atoms with Crippen molar-refractivity contribution in [3.8, 4) is 0 Å². The van der Waals surface area contributed by atoms with Crippen molar-refractivity contribution in [2.75, 3.05) is 0 Å². The van der Waals surface area contributed by atoms with Gasteiger partial charge in [-0.2, -0.15) is 21.6 Å². The molecule has 0 spiro atoms. The van der Waals surface area contributed by atoms with Crippen LogP contribution in [-0.2, 0) is 16.3 Å². The van der Waals surface area contributed by atoms with Gasteiger partial charge in [-0.05, 0) is 49.2 Å². The van der Waals surface area contributed by atoms with Crippen molar-refractivity contribution in [3.63, 3.8) is 0 Å². The summed E-state index contributed by atoms with van der Waals surface area (Å²) in [6.07, 6.45) is -3.41. The van der Waals surface area contributed by atoms with E-state index in [-0.39, 0.29) is 6.07 Å². The van der Waals surface area contributed by atoms with Crippen LogP contribution in [0.5, 0.6) is 0 Å². The average Bonchev–Trinajstić information content (AvgIpc) is 2.52. The Morgan fingerprint density at radius 1 is 1.11 bits per heavy atom. The molecule has 0 bridgehead atoms. The molecule has 0 radical (unpaired) electrons. The van der Waals surface area contributed by atoms with Gasteiger partial charge in [-0.3, -0.25) is 9.35 Å². The van der Waals surface area contributed by atoms with Gasteiger partial charge < -0.3 is 5.73 Å². The number of hydrogen-bond donors (Lipinski definition) is 2. The first-order valence-corrected chi connectivity index (χ1v) is 9.10. The largest absolute Gasteiger partial charge is 0.417 e. The molecule has 1 amide bonds. The fourth-order valence-corrected chi connectivity index (χ4v) is 2.46. The Hall–Kier alpha value is -2.72. The summed E-state index contributed by atoms with van der Waals surface area (Å²) in [6.45, 7) is 3.85. The standard InChI is InChI=1S/C10H12O3S.C8H5F4NO/c1-8-3-4-10(9(2)7-8)5-6-14(11,12)13;9-4-1-2-5(7(13)14)6(3-4)8(10,11)12/h3-7H,1-2H3,(H,11,12,13);1-3H,(H2,13,14)/b6-5+;. The van der Waals surface area contributed by atoms with Gasteiger partial charge in [0, 0.05) is 0 Å². The van der Waals surface area contributed by atoms with Gasteiger partial charge in [0.05, 0.1) is 16.5 Å². The van der Waals surface area contributed by atoms with Gasteiger partial charge in [0.15, 0.2) is 0 Å². The maximum Gasteiger partial charge on any atom is 0.417 e. The fourth-order valence-electron chi connectivity index (χ4n) is 2.14. The number of halogens is 4. The molecule has 0 saturated carbocycles. The Bertz CT molecular complexity index is 999. The third kappa shape index (κ3) is 7.49. The summed E-state index contributed by atoms with van der Waals surface area (Å²) in [5.41, 5.74) is 5.49. The summed E-state index contributed by atoms with van der Waals surface area (Å²) in [7, 11) is -4.03. The average molecular weight is 419 g/mol. The molecule has 10 heteroatoms. The lowest BCUT2D eigenvalue weighted by atomic mass is 10.1. The Balaban J connectivity index is 0.000000280. The minimum absolute atomic E-state index is 0.236. The number of hydrogen-bond acceptors (Lipinski definition) is 3. The number of amides is 1. The third-order valence-electron chi connectivity index (χ3n) is 3.40. The first-order valence-electron chi connectivity index (χ1n) is 7.60. The highest BCUT2D eigenvalue weighted by Gasteiger charge is 2.35. The van der Waals surface area contributed by atoms with Crippen LogP contribution in [0.25, 0.3) is 6.08 Å². The Morgan fingerprint density at radius 3 is 2.18 bits per heavy atom. The zero-order chi connectivity index (χ0) is 21.7. The van der Waals surface area contributed by atoms with Crippen molar-refractivity contribution in [3.05, 3.63) is 75.4 Å². The highest BCUT2D eigenvalue weighted by molar-refractivity contribution is 7.88. The van der Waals surface area contributed by atoms with E-state index < -0.39 is 39.1 Å². The van der Waals surface area contributed by atoms with Gasteiger partial charge in [-0.15, -0.1) is 0 Å². The second-order valence-electron chi connectivity index (χ2n) is 5.73. The molecule has 0 aliphatic carbocycles. The van der Waals surface area contributed by atoms with Gasteiger partial charge in [-0.25, -0.2) is 4.39 Å². The minimum Gasteiger partial charge on any atom is -0.366 e. The predicted molar refractivity (Wildman–Crippen MR) is 96.4 cm³/mol. The van der Waals surface area contributed by atoms with Crippen molar-refractivity contribution >= 4 is 22.1 Å². The van der Waals surface area contributed by atoms with Crippen LogP contribution >= 0.6 is 0 Å². The van der Waals surface area contributed by atoms with E-state index in [1.807, 2.05) is 32.0 Å². The van der Waals surface area contributed by atoms with E-state index in [0.29, 0.717) is 6.07 Å². The number of nitrogens with two attached hydrogens (primary N) is 1. The molecular formula is C18H17F4NO4S. The molecule has 28 heavy (non-hydrogen) atoms. The molecule has 152 valence electrons. The highest BCUT2D eigenvalue weighted by atomic mass is 32.2. The lowest BCUT2D eigenvalue weighted by molar-refractivity contribution is -0.138. The molecule has 0 unspecified atom stereocenters. The maximum absolute atomic E-state index is 12.5. The highest BCUT2D eigenvalue weighted by Crippen LogP contribution is 2.32. The monoisotopic (exact) mass is 419 g/mol. The molecule has 0 atom stereocenters. The molecule has 0 saturated heterocycles. The zero-order valence-corrected chi connectivity index (χ0v) is 15.6. The number of alkyl halides is 3. The van der Waals surface area contributed by atoms with Gasteiger partial charge in [-0.1, -0.05) is 23.8 Å². The summed E-state index contributed by atoms with van der Waals surface area (Å²) in [5, 5.41) is 0.782. The summed E-state index contributed by atoms with van der Waals surface area (Å²) in [6, 6.07) is 7.34. The van der Waals surface area contributed by atoms with Crippen molar-refractivity contribution in [1.82, 2.24) is 0 Å². The van der Waals surface area contributed by atoms with E-state index in [1.165, 1.54) is 6.08 Å². The van der Waals surface area contributed by atoms with Crippen LogP contribution in [0.3, 0.4) is 0 Å². The number of primary amides is 1. The summed E-state index contributed by atoms with van der Waals surface area (Å²) >= 11 is 0. The topological polar surface area (TPSA) is 97.5 Å². The van der Waals surface area contributed by atoms with Crippen LogP contribution in [0.1, 0.15) is 32.6 Å². The van der Waals surface area contributed by atoms with Crippen LogP contribution in [0.15, 0.2) is 41.8 Å². The molecule has 5 nitrogen and oxygen atoms in total. The first kappa shape index (κ1) is 23.3. The Labute approximate surface area is 159 Å². The SMILES string of the molecule is Cc1ccc(/C=C/S(=O)(=O)O)c(C)c1.NC(=O)c1ccc(F)cc1C(F)(F)F. The van der Waals surface area contributed by atoms with Gasteiger partial charge in [0.2, 0.25) is 5.91 Å². The van der Waals surface area contributed by atoms with E-state index in [1.54, 1.807) is 0 Å². The number of carbonyl (C=O) groups excluding carboxylic acids is 1. The molecule has 0 fully saturated rings. The quantitative estimate of drug-likeness (QED) is 0.578. The number of carbonyl (C=O) groups is 1. The number of aryl methyl sites for hydroxylation is 2. The van der Waals surface area contributed by atoms with Crippen molar-refractivity contribution in [2.45, 2.75) is 20.0 Å². The molecule has 3 N–H and O–H groups in total. The summed E-state index contributed by atoms with van der Waals surface area (Å²) in [4.78, 5) is 10.6. The molecule has 0 aliphatic heterocycles. The van der Waals surface area contributed by atoms with E-state index in [0.717, 1.165) is 28.2 Å². The van der Waals surface area contributed by atoms with Crippen LogP contribution in [0, 0.1) is 19.7 Å². The maximum atomic E-state index is 12.5. The second-order valence-corrected chi connectivity index (χ2v) is 7.03. The van der Waals surface area contributed by atoms with Crippen molar-refractivity contribution in [2.24, 2.45) is 5.73 Å². The zero-order valence-electron chi connectivity index (χ0n) is 14.8. The Kier molecular flexibility index (Phi) is 7.48. The number of benzene rings is 2. The van der Waals surface area contributed by atoms with E-state index >= 15 is 0 Å². The molecule has 2 aromatic rings. The molecule has 0 heterocycles. The molecule has 2 rings (SSSR count). The summed E-state index contributed by atoms with van der Waals surface area (Å²) < 4.78 is 78.5. The van der Waals surface area contributed by atoms with Crippen LogP contribution < -0.4 is 5.73 Å². The van der Waals surface area contributed by atoms with Crippen molar-refractivity contribution in [1.29, 1.82) is 0 Å². The second kappa shape index (κ2) is 8.98. The van der Waals surface area contributed by atoms with Crippen molar-refractivity contribution < 1.29 is 35.3 Å². The smallest absolute Gasteiger partial charge is 0.366 e. The van der Waals surface area contributed by atoms with Gasteiger partial charge in [0.1, 0.15) is 5.82 Å². The molecule has 0 aliphatic rings. The molecular weight excluding hydrogens is 402 g/mol. The lowest BCUT2D eigenvalue weighted by Crippen LogP contribution is -2.18. The molecule has 2 aromatic carbocycles. The van der Waals surface area contributed by atoms with E-state index in [9.17, 15) is 30.8 Å². The summed E-state index contributed by atoms with van der Waals surface area (Å²) in [5.74, 6) is -2.31. The van der Waals surface area contributed by atoms with E-state index in [2.05, 4.69) is 0 Å². The fraction of sp³-hybridized carbons (Fsp3) is 0.167. The number of rotatable bonds is 3. The normalized spacial score (nSPS) is 11.8. The first-order chi connectivity index (χ1) is 12.7. The lowest BCUT2D eigenvalue weighted by Gasteiger charge is -2.09. The molecule has 0 aromatic heterocycles. The third-order valence-corrected chi connectivity index (χ3v) is 3.88. The van der Waals surface area contributed by atoms with Crippen LogP contribution in [0.4, 0.5) is 17.6 Å². The van der Waals surface area contributed by atoms with Crippen LogP contribution in [0.2, 0.25) is 0 Å². The van der Waals surface area contributed by atoms with Crippen LogP contribution in [-0.4, -0.2) is 18.9 Å². The van der Waals surface area contributed by atoms with E-state index in [4.69, 9.17) is 10.3 Å². The predicted octanol–water partition coefficient (Wildman–Crippen LogP) is 4.11. The van der Waals surface area contributed by atoms with Gasteiger partial charge in [0.25, 0.3) is 10.1 Å². The van der Waals surface area contributed by atoms with Gasteiger partial charge >= 0.3 is 6.18 Å².